The van der Waals surface area contributed by atoms with Crippen molar-refractivity contribution in [2.75, 3.05) is 19.6 Å². The molecule has 2 heterocycles. The van der Waals surface area contributed by atoms with Gasteiger partial charge in [0, 0.05) is 39.1 Å². The molecule has 0 radical (unpaired) electrons. The highest BCUT2D eigenvalue weighted by atomic mass is 35.5. The Balaban J connectivity index is 0.00000192. The quantitative estimate of drug-likeness (QED) is 0.932. The molecule has 6 heteroatoms. The molecule has 3 rings (SSSR count). The van der Waals surface area contributed by atoms with Gasteiger partial charge in [-0.05, 0) is 18.1 Å². The Morgan fingerprint density at radius 1 is 1.39 bits per heavy atom. The minimum atomic E-state index is 0. The molecule has 1 fully saturated rings. The molecule has 1 N–H and O–H groups in total. The fourth-order valence-corrected chi connectivity index (χ4v) is 3.00. The summed E-state index contributed by atoms with van der Waals surface area (Å²) in [4.78, 5) is 19.2. The first-order chi connectivity index (χ1) is 10.7. The average molecular weight is 335 g/mol. The van der Waals surface area contributed by atoms with Crippen LogP contribution in [0, 0.1) is 6.92 Å². The highest BCUT2D eigenvalue weighted by Gasteiger charge is 2.30. The third-order valence-corrected chi connectivity index (χ3v) is 4.32. The molecule has 1 unspecified atom stereocenters. The zero-order valence-electron chi connectivity index (χ0n) is 13.5. The van der Waals surface area contributed by atoms with Crippen LogP contribution in [0.2, 0.25) is 0 Å². The van der Waals surface area contributed by atoms with Crippen LogP contribution in [0.15, 0.2) is 36.7 Å². The van der Waals surface area contributed by atoms with Crippen LogP contribution in [-0.4, -0.2) is 40.0 Å². The largest absolute Gasteiger partial charge is 0.336 e. The molecule has 2 aromatic rings. The van der Waals surface area contributed by atoms with Crippen molar-refractivity contribution in [3.63, 3.8) is 0 Å². The maximum Gasteiger partial charge on any atom is 0.227 e. The molecule has 1 aromatic carbocycles. The van der Waals surface area contributed by atoms with Crippen molar-refractivity contribution in [3.05, 3.63) is 53.6 Å². The van der Waals surface area contributed by atoms with Gasteiger partial charge in [-0.1, -0.05) is 24.3 Å². The number of imidazole rings is 1. The first-order valence-corrected chi connectivity index (χ1v) is 7.68. The highest BCUT2D eigenvalue weighted by molar-refractivity contribution is 5.85. The summed E-state index contributed by atoms with van der Waals surface area (Å²) < 4.78 is 1.99. The first kappa shape index (κ1) is 17.5. The molecule has 0 saturated carbocycles. The number of hydrogen-bond acceptors (Lipinski definition) is 3. The van der Waals surface area contributed by atoms with Gasteiger partial charge in [-0.2, -0.15) is 0 Å². The lowest BCUT2D eigenvalue weighted by Crippen LogP contribution is -2.49. The average Bonchev–Trinajstić information content (AvgIpc) is 2.95. The van der Waals surface area contributed by atoms with E-state index in [4.69, 9.17) is 0 Å². The third-order valence-electron chi connectivity index (χ3n) is 4.32. The summed E-state index contributed by atoms with van der Waals surface area (Å²) in [5.41, 5.74) is 2.27. The van der Waals surface area contributed by atoms with Gasteiger partial charge < -0.3 is 14.8 Å². The van der Waals surface area contributed by atoms with E-state index in [0.29, 0.717) is 6.42 Å². The maximum atomic E-state index is 12.8. The van der Waals surface area contributed by atoms with Crippen LogP contribution in [0.3, 0.4) is 0 Å². The highest BCUT2D eigenvalue weighted by Crippen LogP contribution is 2.22. The summed E-state index contributed by atoms with van der Waals surface area (Å²) >= 11 is 0. The molecular formula is C17H23ClN4O. The zero-order valence-corrected chi connectivity index (χ0v) is 14.3. The van der Waals surface area contributed by atoms with Gasteiger partial charge in [-0.25, -0.2) is 4.98 Å². The Kier molecular flexibility index (Phi) is 5.80. The molecule has 0 spiro atoms. The number of nitrogens with zero attached hydrogens (tertiary/aromatic N) is 3. The van der Waals surface area contributed by atoms with E-state index in [1.54, 1.807) is 6.20 Å². The van der Waals surface area contributed by atoms with Gasteiger partial charge in [0.15, 0.2) is 0 Å². The Morgan fingerprint density at radius 3 is 2.87 bits per heavy atom. The molecule has 1 saturated heterocycles. The van der Waals surface area contributed by atoms with Crippen LogP contribution in [0.5, 0.6) is 0 Å². The third kappa shape index (κ3) is 3.74. The van der Waals surface area contributed by atoms with Crippen LogP contribution < -0.4 is 5.32 Å². The predicted octanol–water partition coefficient (Wildman–Crippen LogP) is 1.87. The lowest BCUT2D eigenvalue weighted by atomic mass is 10.0. The van der Waals surface area contributed by atoms with Crippen LogP contribution in [0.25, 0.3) is 0 Å². The van der Waals surface area contributed by atoms with E-state index in [1.165, 1.54) is 5.56 Å². The molecule has 1 atom stereocenters. The van der Waals surface area contributed by atoms with E-state index < -0.39 is 0 Å². The van der Waals surface area contributed by atoms with Crippen molar-refractivity contribution in [3.8, 4) is 0 Å². The second-order valence-corrected chi connectivity index (χ2v) is 5.81. The smallest absolute Gasteiger partial charge is 0.227 e. The second-order valence-electron chi connectivity index (χ2n) is 5.81. The summed E-state index contributed by atoms with van der Waals surface area (Å²) in [7, 11) is 1.97. The minimum Gasteiger partial charge on any atom is -0.336 e. The first-order valence-electron chi connectivity index (χ1n) is 7.68. The molecule has 1 aliphatic heterocycles. The molecule has 1 aliphatic rings. The molecule has 0 bridgehead atoms. The van der Waals surface area contributed by atoms with Crippen molar-refractivity contribution in [1.82, 2.24) is 19.8 Å². The summed E-state index contributed by atoms with van der Waals surface area (Å²) in [5.74, 6) is 1.11. The lowest BCUT2D eigenvalue weighted by Gasteiger charge is -2.36. The number of amides is 1. The Labute approximate surface area is 143 Å². The number of nitrogens with one attached hydrogen (secondary N) is 1. The Hall–Kier alpha value is -1.85. The van der Waals surface area contributed by atoms with E-state index in [1.807, 2.05) is 40.9 Å². The fourth-order valence-electron chi connectivity index (χ4n) is 3.00. The summed E-state index contributed by atoms with van der Waals surface area (Å²) in [6, 6.07) is 8.08. The summed E-state index contributed by atoms with van der Waals surface area (Å²) in [6.45, 7) is 4.36. The Bertz CT molecular complexity index is 670. The van der Waals surface area contributed by atoms with Gasteiger partial charge in [-0.15, -0.1) is 12.4 Å². The summed E-state index contributed by atoms with van der Waals surface area (Å²) in [5, 5.41) is 3.36. The predicted molar refractivity (Wildman–Crippen MR) is 92.7 cm³/mol. The van der Waals surface area contributed by atoms with Crippen LogP contribution in [0.4, 0.5) is 0 Å². The van der Waals surface area contributed by atoms with Crippen molar-refractivity contribution in [2.24, 2.45) is 7.05 Å². The van der Waals surface area contributed by atoms with Crippen molar-refractivity contribution in [1.29, 1.82) is 0 Å². The minimum absolute atomic E-state index is 0. The fraction of sp³-hybridized carbons (Fsp3) is 0.412. The number of aryl methyl sites for hydroxylation is 2. The summed E-state index contributed by atoms with van der Waals surface area (Å²) in [6.07, 6.45) is 4.16. The standard InChI is InChI=1S/C17H22N4O.ClH/c1-13-5-3-4-6-14(13)11-16(22)21-10-7-18-12-15(21)17-19-8-9-20(17)2;/h3-6,8-9,15,18H,7,10-12H2,1-2H3;1H. The normalized spacial score (nSPS) is 17.7. The van der Waals surface area contributed by atoms with Crippen LogP contribution in [0.1, 0.15) is 23.0 Å². The molecule has 23 heavy (non-hydrogen) atoms. The Morgan fingerprint density at radius 2 is 2.17 bits per heavy atom. The van der Waals surface area contributed by atoms with Crippen LogP contribution >= 0.6 is 12.4 Å². The number of hydrogen-bond donors (Lipinski definition) is 1. The van der Waals surface area contributed by atoms with Crippen molar-refractivity contribution in [2.45, 2.75) is 19.4 Å². The van der Waals surface area contributed by atoms with Crippen LogP contribution in [-0.2, 0) is 18.3 Å². The monoisotopic (exact) mass is 334 g/mol. The number of aromatic nitrogens is 2. The van der Waals surface area contributed by atoms with E-state index >= 15 is 0 Å². The molecule has 0 aliphatic carbocycles. The van der Waals surface area contributed by atoms with Gasteiger partial charge in [-0.3, -0.25) is 4.79 Å². The topological polar surface area (TPSA) is 50.2 Å². The van der Waals surface area contributed by atoms with Gasteiger partial charge in [0.2, 0.25) is 5.91 Å². The van der Waals surface area contributed by atoms with E-state index in [-0.39, 0.29) is 24.4 Å². The number of carbonyl (C=O) groups is 1. The maximum absolute atomic E-state index is 12.8. The van der Waals surface area contributed by atoms with E-state index in [9.17, 15) is 4.79 Å². The molecule has 5 nitrogen and oxygen atoms in total. The van der Waals surface area contributed by atoms with E-state index in [2.05, 4.69) is 23.3 Å². The number of carbonyl (C=O) groups excluding carboxylic acids is 1. The van der Waals surface area contributed by atoms with Gasteiger partial charge >= 0.3 is 0 Å². The van der Waals surface area contributed by atoms with Gasteiger partial charge in [0.1, 0.15) is 11.9 Å². The molecular weight excluding hydrogens is 312 g/mol. The van der Waals surface area contributed by atoms with Gasteiger partial charge in [0.05, 0.1) is 6.42 Å². The lowest BCUT2D eigenvalue weighted by molar-refractivity contribution is -0.134. The second kappa shape index (κ2) is 7.62. The zero-order chi connectivity index (χ0) is 15.5. The van der Waals surface area contributed by atoms with E-state index in [0.717, 1.165) is 31.0 Å². The molecule has 124 valence electrons. The molecule has 1 amide bonds. The van der Waals surface area contributed by atoms with Crippen molar-refractivity contribution < 1.29 is 4.79 Å². The van der Waals surface area contributed by atoms with Crippen molar-refractivity contribution >= 4 is 18.3 Å². The van der Waals surface area contributed by atoms with Gasteiger partial charge in [0.25, 0.3) is 0 Å². The number of benzene rings is 1. The SMILES string of the molecule is Cc1ccccc1CC(=O)N1CCNCC1c1nccn1C.Cl. The number of piperazine rings is 1. The molecule has 1 aromatic heterocycles. The number of rotatable bonds is 3. The number of halogens is 1.